The van der Waals surface area contributed by atoms with Crippen molar-refractivity contribution < 1.29 is 0 Å². The molecular formula is C10H14Cl3N. The molecule has 0 aliphatic heterocycles. The average Bonchev–Trinajstić information content (AvgIpc) is 2.13. The van der Waals surface area contributed by atoms with Gasteiger partial charge >= 0.3 is 0 Å². The minimum absolute atomic E-state index is 0. The first-order chi connectivity index (χ1) is 6.38. The van der Waals surface area contributed by atoms with Crippen LogP contribution >= 0.6 is 35.6 Å². The topological polar surface area (TPSA) is 12.0 Å². The maximum absolute atomic E-state index is 5.33. The Morgan fingerprint density at radius 2 is 1.21 bits per heavy atom. The highest BCUT2D eigenvalue weighted by molar-refractivity contribution is 6.18. The fraction of sp³-hybridized carbons (Fsp3) is 0.400. The van der Waals surface area contributed by atoms with Gasteiger partial charge < -0.3 is 5.32 Å². The van der Waals surface area contributed by atoms with E-state index in [0.717, 1.165) is 13.1 Å². The van der Waals surface area contributed by atoms with Crippen LogP contribution in [0.15, 0.2) is 24.3 Å². The zero-order valence-electron chi connectivity index (χ0n) is 7.80. The van der Waals surface area contributed by atoms with Crippen molar-refractivity contribution in [1.29, 1.82) is 0 Å². The third-order valence-electron chi connectivity index (χ3n) is 1.76. The summed E-state index contributed by atoms with van der Waals surface area (Å²) >= 11 is 10.7. The molecule has 0 aromatic carbocycles. The fourth-order valence-electron chi connectivity index (χ4n) is 0.921. The number of alkyl halides is 2. The van der Waals surface area contributed by atoms with Crippen LogP contribution < -0.4 is 5.32 Å². The fourth-order valence-corrected chi connectivity index (χ4v) is 1.19. The molecule has 1 N–H and O–H groups in total. The van der Waals surface area contributed by atoms with Crippen LogP contribution in [0.5, 0.6) is 0 Å². The lowest BCUT2D eigenvalue weighted by Gasteiger charge is -2.10. The van der Waals surface area contributed by atoms with Gasteiger partial charge in [-0.2, -0.15) is 0 Å². The molecule has 0 unspecified atom stereocenters. The van der Waals surface area contributed by atoms with E-state index in [0.29, 0.717) is 11.8 Å². The number of hydrogen-bond donors (Lipinski definition) is 1. The first kappa shape index (κ1) is 14.1. The molecular weight excluding hydrogens is 240 g/mol. The van der Waals surface area contributed by atoms with Gasteiger partial charge in [0.2, 0.25) is 0 Å². The third-order valence-corrected chi connectivity index (χ3v) is 2.14. The summed E-state index contributed by atoms with van der Waals surface area (Å²) in [7, 11) is 0. The molecule has 0 fully saturated rings. The van der Waals surface area contributed by atoms with Crippen molar-refractivity contribution in [2.24, 2.45) is 0 Å². The summed E-state index contributed by atoms with van der Waals surface area (Å²) in [5.74, 6) is 1.33. The molecule has 2 aliphatic carbocycles. The number of fused-ring (bicyclic) bond motifs is 1. The molecule has 1 nitrogen and oxygen atoms in total. The zero-order valence-corrected chi connectivity index (χ0v) is 10.1. The molecule has 2 rings (SSSR count). The normalized spacial score (nSPS) is 9.57. The number of rotatable bonds is 4. The molecule has 80 valence electrons. The van der Waals surface area contributed by atoms with Crippen molar-refractivity contribution >= 4 is 35.6 Å². The molecule has 0 atom stereocenters. The summed E-state index contributed by atoms with van der Waals surface area (Å²) in [6, 6.07) is 8.48. The number of hydrogen-bond acceptors (Lipinski definition) is 1. The Morgan fingerprint density at radius 1 is 0.857 bits per heavy atom. The van der Waals surface area contributed by atoms with Gasteiger partial charge in [0.25, 0.3) is 0 Å². The van der Waals surface area contributed by atoms with E-state index in [1.807, 2.05) is 0 Å². The Kier molecular flexibility index (Phi) is 8.40. The molecule has 0 radical (unpaired) electrons. The molecule has 0 spiro atoms. The SMILES string of the molecule is Cl.ClCCNCCCl.c1cc2ccc1-2. The predicted molar refractivity (Wildman–Crippen MR) is 67.0 cm³/mol. The van der Waals surface area contributed by atoms with E-state index < -0.39 is 0 Å². The highest BCUT2D eigenvalue weighted by atomic mass is 35.5. The maximum atomic E-state index is 5.33. The van der Waals surface area contributed by atoms with Gasteiger partial charge in [0, 0.05) is 24.8 Å². The van der Waals surface area contributed by atoms with Crippen molar-refractivity contribution in [1.82, 2.24) is 5.32 Å². The van der Waals surface area contributed by atoms with Crippen LogP contribution in [0.4, 0.5) is 0 Å². The van der Waals surface area contributed by atoms with Crippen LogP contribution in [-0.4, -0.2) is 24.8 Å². The van der Waals surface area contributed by atoms with Gasteiger partial charge in [-0.1, -0.05) is 24.3 Å². The van der Waals surface area contributed by atoms with Crippen LogP contribution in [0.2, 0.25) is 0 Å². The highest BCUT2D eigenvalue weighted by Gasteiger charge is 2.03. The first-order valence-corrected chi connectivity index (χ1v) is 5.38. The minimum Gasteiger partial charge on any atom is -0.314 e. The van der Waals surface area contributed by atoms with Gasteiger partial charge in [0.05, 0.1) is 0 Å². The highest BCUT2D eigenvalue weighted by Crippen LogP contribution is 2.29. The quantitative estimate of drug-likeness (QED) is 0.653. The molecule has 4 heteroatoms. The lowest BCUT2D eigenvalue weighted by atomic mass is 9.95. The second-order valence-corrected chi connectivity index (χ2v) is 3.46. The largest absolute Gasteiger partial charge is 0.314 e. The number of halogens is 3. The molecule has 0 heterocycles. The lowest BCUT2D eigenvalue weighted by Crippen LogP contribution is -2.18. The Labute approximate surface area is 101 Å². The Hall–Kier alpha value is 0.0500. The molecule has 14 heavy (non-hydrogen) atoms. The standard InChI is InChI=1S/C6H4.C4H9Cl2N.ClH/c1-2-6-4-3-5(1)6;5-1-3-7-4-2-6;/h1-4H;7H,1-4H2;1H. The van der Waals surface area contributed by atoms with E-state index in [-0.39, 0.29) is 12.4 Å². The predicted octanol–water partition coefficient (Wildman–Crippen LogP) is 3.14. The molecule has 0 saturated carbocycles. The Morgan fingerprint density at radius 3 is 1.36 bits per heavy atom. The van der Waals surface area contributed by atoms with Crippen molar-refractivity contribution in [2.75, 3.05) is 24.8 Å². The second kappa shape index (κ2) is 8.37. The third kappa shape index (κ3) is 4.52. The van der Waals surface area contributed by atoms with Gasteiger partial charge in [-0.15, -0.1) is 35.6 Å². The first-order valence-electron chi connectivity index (χ1n) is 4.31. The van der Waals surface area contributed by atoms with Gasteiger partial charge in [0.15, 0.2) is 0 Å². The van der Waals surface area contributed by atoms with E-state index in [1.54, 1.807) is 0 Å². The summed E-state index contributed by atoms with van der Waals surface area (Å²) in [5, 5.41) is 3.02. The Balaban J connectivity index is 0.000000225. The lowest BCUT2D eigenvalue weighted by molar-refractivity contribution is 0.770. The van der Waals surface area contributed by atoms with E-state index in [2.05, 4.69) is 29.6 Å². The van der Waals surface area contributed by atoms with E-state index in [9.17, 15) is 0 Å². The smallest absolute Gasteiger partial charge is 0.0348 e. The van der Waals surface area contributed by atoms with Crippen molar-refractivity contribution in [3.05, 3.63) is 24.3 Å². The zero-order chi connectivity index (χ0) is 9.52. The molecule has 0 amide bonds. The molecule has 0 aromatic heterocycles. The van der Waals surface area contributed by atoms with Crippen molar-refractivity contribution in [3.63, 3.8) is 0 Å². The van der Waals surface area contributed by atoms with Gasteiger partial charge in [-0.25, -0.2) is 0 Å². The summed E-state index contributed by atoms with van der Waals surface area (Å²) in [6.07, 6.45) is 0. The molecule has 2 aliphatic rings. The summed E-state index contributed by atoms with van der Waals surface area (Å²) in [6.45, 7) is 1.71. The minimum atomic E-state index is 0. The Bertz CT molecular complexity index is 211. The van der Waals surface area contributed by atoms with Crippen LogP contribution in [0, 0.1) is 0 Å². The van der Waals surface area contributed by atoms with Gasteiger partial charge in [-0.05, 0) is 11.1 Å². The van der Waals surface area contributed by atoms with Crippen molar-refractivity contribution in [2.45, 2.75) is 0 Å². The van der Waals surface area contributed by atoms with E-state index in [4.69, 9.17) is 23.2 Å². The average molecular weight is 255 g/mol. The van der Waals surface area contributed by atoms with Gasteiger partial charge in [0.1, 0.15) is 0 Å². The van der Waals surface area contributed by atoms with E-state index in [1.165, 1.54) is 11.1 Å². The van der Waals surface area contributed by atoms with Crippen molar-refractivity contribution in [3.8, 4) is 11.1 Å². The number of benzene rings is 1. The van der Waals surface area contributed by atoms with Crippen LogP contribution in [0.1, 0.15) is 0 Å². The summed E-state index contributed by atoms with van der Waals surface area (Å²) < 4.78 is 0. The monoisotopic (exact) mass is 253 g/mol. The summed E-state index contributed by atoms with van der Waals surface area (Å²) in [5.41, 5.74) is 2.85. The van der Waals surface area contributed by atoms with Crippen LogP contribution in [0.25, 0.3) is 11.1 Å². The van der Waals surface area contributed by atoms with Gasteiger partial charge in [-0.3, -0.25) is 0 Å². The molecule has 0 aromatic rings. The second-order valence-electron chi connectivity index (χ2n) is 2.71. The maximum Gasteiger partial charge on any atom is 0.0348 e. The summed E-state index contributed by atoms with van der Waals surface area (Å²) in [4.78, 5) is 0. The van der Waals surface area contributed by atoms with Crippen LogP contribution in [0.3, 0.4) is 0 Å². The van der Waals surface area contributed by atoms with Crippen LogP contribution in [-0.2, 0) is 0 Å². The molecule has 0 saturated heterocycles. The van der Waals surface area contributed by atoms with E-state index >= 15 is 0 Å². The number of nitrogens with one attached hydrogen (secondary N) is 1. The molecule has 0 bridgehead atoms.